The Labute approximate surface area is 98.5 Å². The maximum Gasteiger partial charge on any atom is 0.186 e. The van der Waals surface area contributed by atoms with Crippen LogP contribution in [-0.4, -0.2) is 22.3 Å². The number of benzene rings is 1. The number of hydrogen-bond acceptors (Lipinski definition) is 4. The van der Waals surface area contributed by atoms with Gasteiger partial charge in [-0.25, -0.2) is 0 Å². The van der Waals surface area contributed by atoms with E-state index >= 15 is 0 Å². The lowest BCUT2D eigenvalue weighted by Crippen LogP contribution is -1.88. The molecule has 0 saturated heterocycles. The molecule has 0 aliphatic carbocycles. The monoisotopic (exact) mass is 233 g/mol. The van der Waals surface area contributed by atoms with E-state index in [0.717, 1.165) is 11.1 Å². The fourth-order valence-electron chi connectivity index (χ4n) is 1.05. The lowest BCUT2D eigenvalue weighted by Gasteiger charge is -1.95. The van der Waals surface area contributed by atoms with Crippen LogP contribution in [0.2, 0.25) is 0 Å². The average Bonchev–Trinajstić information content (AvgIpc) is 2.26. The molecule has 4 heteroatoms. The van der Waals surface area contributed by atoms with Gasteiger partial charge in [0.2, 0.25) is 0 Å². The summed E-state index contributed by atoms with van der Waals surface area (Å²) in [6, 6.07) is 7.34. The minimum absolute atomic E-state index is 0.0551. The second-order valence-electron chi connectivity index (χ2n) is 2.91. The van der Waals surface area contributed by atoms with Gasteiger partial charge in [-0.1, -0.05) is 47.0 Å². The van der Waals surface area contributed by atoms with Crippen molar-refractivity contribution in [2.45, 2.75) is 6.92 Å². The summed E-state index contributed by atoms with van der Waals surface area (Å²) in [7, 11) is 0. The van der Waals surface area contributed by atoms with E-state index < -0.39 is 0 Å². The highest BCUT2D eigenvalue weighted by Crippen LogP contribution is 2.05. The van der Waals surface area contributed by atoms with Gasteiger partial charge in [0.15, 0.2) is 5.12 Å². The van der Waals surface area contributed by atoms with Crippen molar-refractivity contribution in [1.29, 1.82) is 0 Å². The number of hydrogen-bond donors (Lipinski definition) is 1. The lowest BCUT2D eigenvalue weighted by atomic mass is 10.1. The zero-order valence-corrected chi connectivity index (χ0v) is 9.62. The summed E-state index contributed by atoms with van der Waals surface area (Å²) >= 11 is 1.17. The normalized spacial score (nSPS) is 9.81. The predicted octanol–water partition coefficient (Wildman–Crippen LogP) is 2.13. The number of rotatable bonds is 2. The Hall–Kier alpha value is -1.73. The van der Waals surface area contributed by atoms with Crippen LogP contribution in [0.1, 0.15) is 18.1 Å². The smallest absolute Gasteiger partial charge is 0.186 e. The average molecular weight is 233 g/mol. The molecule has 3 nitrogen and oxygen atoms in total. The van der Waals surface area contributed by atoms with Crippen molar-refractivity contribution in [3.63, 3.8) is 0 Å². The van der Waals surface area contributed by atoms with Crippen LogP contribution >= 0.6 is 11.8 Å². The molecule has 1 N–H and O–H groups in total. The van der Waals surface area contributed by atoms with Crippen LogP contribution in [0.25, 0.3) is 0 Å². The van der Waals surface area contributed by atoms with Gasteiger partial charge in [-0.15, -0.1) is 0 Å². The molecule has 0 fully saturated rings. The second kappa shape index (κ2) is 6.70. The molecule has 0 radical (unpaired) electrons. The first kappa shape index (κ1) is 12.3. The van der Waals surface area contributed by atoms with Crippen molar-refractivity contribution >= 4 is 23.1 Å². The van der Waals surface area contributed by atoms with E-state index in [1.807, 2.05) is 24.3 Å². The molecule has 0 amide bonds. The fourth-order valence-corrected chi connectivity index (χ4v) is 1.40. The Morgan fingerprint density at radius 3 is 3.00 bits per heavy atom. The van der Waals surface area contributed by atoms with Gasteiger partial charge in [-0.05, 0) is 6.07 Å². The maximum atomic E-state index is 10.7. The van der Waals surface area contributed by atoms with Crippen LogP contribution in [0, 0.1) is 11.8 Å². The van der Waals surface area contributed by atoms with E-state index in [1.165, 1.54) is 24.9 Å². The number of oxime groups is 1. The summed E-state index contributed by atoms with van der Waals surface area (Å²) in [5.41, 5.74) is 1.54. The van der Waals surface area contributed by atoms with Gasteiger partial charge in [-0.3, -0.25) is 4.79 Å². The fraction of sp³-hybridized carbons (Fsp3) is 0.167. The largest absolute Gasteiger partial charge is 0.411 e. The van der Waals surface area contributed by atoms with Crippen molar-refractivity contribution in [2.24, 2.45) is 5.16 Å². The van der Waals surface area contributed by atoms with E-state index in [9.17, 15) is 4.79 Å². The van der Waals surface area contributed by atoms with Crippen LogP contribution in [0.3, 0.4) is 0 Å². The Morgan fingerprint density at radius 2 is 2.31 bits per heavy atom. The van der Waals surface area contributed by atoms with Gasteiger partial charge in [0.05, 0.1) is 12.0 Å². The molecule has 0 heterocycles. The number of nitrogens with zero attached hydrogens (tertiary/aromatic N) is 1. The molecule has 1 aromatic carbocycles. The molecule has 0 saturated carbocycles. The van der Waals surface area contributed by atoms with Crippen LogP contribution in [0.15, 0.2) is 29.4 Å². The van der Waals surface area contributed by atoms with Crippen LogP contribution < -0.4 is 0 Å². The Morgan fingerprint density at radius 1 is 1.56 bits per heavy atom. The van der Waals surface area contributed by atoms with Crippen LogP contribution in [0.4, 0.5) is 0 Å². The van der Waals surface area contributed by atoms with Gasteiger partial charge < -0.3 is 5.21 Å². The molecule has 0 bridgehead atoms. The van der Waals surface area contributed by atoms with Gasteiger partial charge >= 0.3 is 0 Å². The standard InChI is InChI=1S/C12H11NO2S/c1-10(14)16-8-4-7-11-5-2-3-6-12(11)9-13-15/h2-3,5-6,9,15H,8H2,1H3. The highest BCUT2D eigenvalue weighted by molar-refractivity contribution is 8.13. The van der Waals surface area contributed by atoms with Crippen LogP contribution in [-0.2, 0) is 4.79 Å². The summed E-state index contributed by atoms with van der Waals surface area (Å²) in [4.78, 5) is 10.7. The molecule has 0 atom stereocenters. The molecular formula is C12H11NO2S. The van der Waals surface area contributed by atoms with E-state index in [4.69, 9.17) is 5.21 Å². The minimum atomic E-state index is 0.0551. The van der Waals surface area contributed by atoms with E-state index in [-0.39, 0.29) is 5.12 Å². The number of thioether (sulfide) groups is 1. The lowest BCUT2D eigenvalue weighted by molar-refractivity contribution is -0.109. The third-order valence-corrected chi connectivity index (χ3v) is 2.42. The van der Waals surface area contributed by atoms with Crippen molar-refractivity contribution in [3.05, 3.63) is 35.4 Å². The van der Waals surface area contributed by atoms with Crippen molar-refractivity contribution < 1.29 is 10.0 Å². The predicted molar refractivity (Wildman–Crippen MR) is 65.8 cm³/mol. The summed E-state index contributed by atoms with van der Waals surface area (Å²) in [6.07, 6.45) is 1.34. The summed E-state index contributed by atoms with van der Waals surface area (Å²) in [6.45, 7) is 1.51. The van der Waals surface area contributed by atoms with Crippen molar-refractivity contribution in [2.75, 3.05) is 5.75 Å². The van der Waals surface area contributed by atoms with Crippen molar-refractivity contribution in [1.82, 2.24) is 0 Å². The molecule has 1 rings (SSSR count). The van der Waals surface area contributed by atoms with E-state index in [2.05, 4.69) is 17.0 Å². The third-order valence-electron chi connectivity index (χ3n) is 1.73. The molecular weight excluding hydrogens is 222 g/mol. The zero-order valence-electron chi connectivity index (χ0n) is 8.80. The van der Waals surface area contributed by atoms with E-state index in [0.29, 0.717) is 5.75 Å². The Balaban J connectivity index is 2.75. The van der Waals surface area contributed by atoms with Gasteiger partial charge in [0, 0.05) is 18.1 Å². The second-order valence-corrected chi connectivity index (χ2v) is 4.07. The SMILES string of the molecule is CC(=O)SCC#Cc1ccccc1C=NO. The topological polar surface area (TPSA) is 49.7 Å². The third kappa shape index (κ3) is 4.20. The first-order chi connectivity index (χ1) is 7.74. The summed E-state index contributed by atoms with van der Waals surface area (Å²) in [5.74, 6) is 6.28. The van der Waals surface area contributed by atoms with Gasteiger partial charge in [0.1, 0.15) is 0 Å². The van der Waals surface area contributed by atoms with Crippen LogP contribution in [0.5, 0.6) is 0 Å². The minimum Gasteiger partial charge on any atom is -0.411 e. The van der Waals surface area contributed by atoms with Gasteiger partial charge in [-0.2, -0.15) is 0 Å². The number of carbonyl (C=O) groups is 1. The van der Waals surface area contributed by atoms with E-state index in [1.54, 1.807) is 0 Å². The van der Waals surface area contributed by atoms with Gasteiger partial charge in [0.25, 0.3) is 0 Å². The maximum absolute atomic E-state index is 10.7. The highest BCUT2D eigenvalue weighted by atomic mass is 32.2. The molecule has 0 unspecified atom stereocenters. The first-order valence-electron chi connectivity index (χ1n) is 4.62. The quantitative estimate of drug-likeness (QED) is 0.368. The molecule has 0 aliphatic heterocycles. The van der Waals surface area contributed by atoms with Crippen molar-refractivity contribution in [3.8, 4) is 11.8 Å². The molecule has 0 spiro atoms. The Kier molecular flexibility index (Phi) is 5.17. The molecule has 82 valence electrons. The molecule has 1 aromatic rings. The Bertz CT molecular complexity index is 458. The number of carbonyl (C=O) groups excluding carboxylic acids is 1. The molecule has 16 heavy (non-hydrogen) atoms. The zero-order chi connectivity index (χ0) is 11.8. The molecule has 0 aromatic heterocycles. The summed E-state index contributed by atoms with van der Waals surface area (Å²) in [5, 5.41) is 11.5. The first-order valence-corrected chi connectivity index (χ1v) is 5.61. The highest BCUT2D eigenvalue weighted by Gasteiger charge is 1.95. The molecule has 0 aliphatic rings. The summed E-state index contributed by atoms with van der Waals surface area (Å²) < 4.78 is 0.